The van der Waals surface area contributed by atoms with Crippen LogP contribution in [0.3, 0.4) is 0 Å². The summed E-state index contributed by atoms with van der Waals surface area (Å²) in [5.41, 5.74) is 0.900. The Labute approximate surface area is 130 Å². The van der Waals surface area contributed by atoms with Gasteiger partial charge in [-0.2, -0.15) is 0 Å². The molecular formula is C15H21Cl2N3. The van der Waals surface area contributed by atoms with Gasteiger partial charge in [-0.25, -0.2) is 4.98 Å². The molecule has 2 saturated heterocycles. The molecule has 3 nitrogen and oxygen atoms in total. The molecule has 1 N–H and O–H groups in total. The fourth-order valence-electron chi connectivity index (χ4n) is 3.41. The summed E-state index contributed by atoms with van der Waals surface area (Å²) in [7, 11) is 0. The van der Waals surface area contributed by atoms with Gasteiger partial charge >= 0.3 is 0 Å². The van der Waals surface area contributed by atoms with Crippen molar-refractivity contribution in [1.82, 2.24) is 15.2 Å². The van der Waals surface area contributed by atoms with Gasteiger partial charge < -0.3 is 5.32 Å². The maximum absolute atomic E-state index is 6.19. The van der Waals surface area contributed by atoms with Crippen LogP contribution in [0.15, 0.2) is 12.1 Å². The Morgan fingerprint density at radius 3 is 2.70 bits per heavy atom. The van der Waals surface area contributed by atoms with Crippen LogP contribution in [-0.2, 0) is 6.54 Å². The van der Waals surface area contributed by atoms with Crippen LogP contribution in [-0.4, -0.2) is 35.6 Å². The predicted octanol–water partition coefficient (Wildman–Crippen LogP) is 3.35. The van der Waals surface area contributed by atoms with Crippen LogP contribution in [0.1, 0.15) is 31.4 Å². The van der Waals surface area contributed by atoms with E-state index in [1.165, 1.54) is 32.2 Å². The number of rotatable bonds is 3. The molecule has 1 aromatic heterocycles. The van der Waals surface area contributed by atoms with Gasteiger partial charge in [-0.3, -0.25) is 4.90 Å². The Balaban J connectivity index is 1.54. The second-order valence-corrected chi connectivity index (χ2v) is 6.67. The minimum atomic E-state index is 0.523. The van der Waals surface area contributed by atoms with Crippen LogP contribution in [0.5, 0.6) is 0 Å². The summed E-state index contributed by atoms with van der Waals surface area (Å²) in [5.74, 6) is 0.844. The first-order chi connectivity index (χ1) is 9.72. The van der Waals surface area contributed by atoms with E-state index >= 15 is 0 Å². The van der Waals surface area contributed by atoms with Gasteiger partial charge in [-0.15, -0.1) is 0 Å². The van der Waals surface area contributed by atoms with E-state index in [0.29, 0.717) is 10.2 Å². The Kier molecular flexibility index (Phi) is 4.82. The second kappa shape index (κ2) is 6.61. The second-order valence-electron chi connectivity index (χ2n) is 5.88. The summed E-state index contributed by atoms with van der Waals surface area (Å²) in [6.45, 7) is 4.28. The summed E-state index contributed by atoms with van der Waals surface area (Å²) >= 11 is 12.1. The molecule has 0 bridgehead atoms. The number of likely N-dealkylation sites (tertiary alicyclic amines) is 1. The molecule has 20 heavy (non-hydrogen) atoms. The number of nitrogens with zero attached hydrogens (tertiary/aromatic N) is 2. The minimum Gasteiger partial charge on any atom is -0.314 e. The number of halogens is 2. The highest BCUT2D eigenvalue weighted by Gasteiger charge is 2.28. The van der Waals surface area contributed by atoms with Crippen LogP contribution in [0, 0.1) is 5.92 Å². The topological polar surface area (TPSA) is 28.2 Å². The largest absolute Gasteiger partial charge is 0.314 e. The van der Waals surface area contributed by atoms with Gasteiger partial charge in [-0.1, -0.05) is 23.2 Å². The molecule has 1 unspecified atom stereocenters. The van der Waals surface area contributed by atoms with Crippen LogP contribution in [0.4, 0.5) is 0 Å². The molecule has 1 aromatic rings. The number of piperidine rings is 1. The number of hydrogen-bond donors (Lipinski definition) is 1. The molecule has 110 valence electrons. The van der Waals surface area contributed by atoms with Gasteiger partial charge in [0.25, 0.3) is 0 Å². The Morgan fingerprint density at radius 2 is 2.00 bits per heavy atom. The maximum Gasteiger partial charge on any atom is 0.129 e. The number of pyridine rings is 1. The molecular weight excluding hydrogens is 293 g/mol. The van der Waals surface area contributed by atoms with Gasteiger partial charge in [0.05, 0.1) is 10.7 Å². The summed E-state index contributed by atoms with van der Waals surface area (Å²) < 4.78 is 0. The summed E-state index contributed by atoms with van der Waals surface area (Å²) in [5, 5.41) is 4.88. The molecule has 2 aliphatic rings. The standard InChI is InChI=1S/C15H21Cl2N3/c16-12-3-4-15(17)19-14(12)10-20-8-5-11(6-9-20)13-2-1-7-18-13/h3-4,11,13,18H,1-2,5-10H2. The zero-order valence-corrected chi connectivity index (χ0v) is 13.1. The summed E-state index contributed by atoms with van der Waals surface area (Å²) in [4.78, 5) is 6.78. The SMILES string of the molecule is Clc1ccc(Cl)c(CN2CCC(C3CCCN3)CC2)n1. The van der Waals surface area contributed by atoms with Crippen molar-refractivity contribution in [3.8, 4) is 0 Å². The van der Waals surface area contributed by atoms with Gasteiger partial charge in [0, 0.05) is 12.6 Å². The molecule has 0 spiro atoms. The van der Waals surface area contributed by atoms with E-state index < -0.39 is 0 Å². The molecule has 2 fully saturated rings. The van der Waals surface area contributed by atoms with Crippen molar-refractivity contribution in [3.63, 3.8) is 0 Å². The average molecular weight is 314 g/mol. The molecule has 3 rings (SSSR count). The zero-order chi connectivity index (χ0) is 13.9. The molecule has 5 heteroatoms. The molecule has 0 aromatic carbocycles. The molecule has 0 saturated carbocycles. The smallest absolute Gasteiger partial charge is 0.129 e. The number of hydrogen-bond acceptors (Lipinski definition) is 3. The third-order valence-corrected chi connectivity index (χ3v) is 5.11. The quantitative estimate of drug-likeness (QED) is 0.867. The van der Waals surface area contributed by atoms with Crippen LogP contribution in [0.2, 0.25) is 10.2 Å². The van der Waals surface area contributed by atoms with Gasteiger partial charge in [0.15, 0.2) is 0 Å². The van der Waals surface area contributed by atoms with E-state index in [1.54, 1.807) is 6.07 Å². The third kappa shape index (κ3) is 3.45. The molecule has 1 atom stereocenters. The first-order valence-corrected chi connectivity index (χ1v) is 8.24. The van der Waals surface area contributed by atoms with Crippen LogP contribution >= 0.6 is 23.2 Å². The number of aromatic nitrogens is 1. The van der Waals surface area contributed by atoms with Crippen molar-refractivity contribution in [2.75, 3.05) is 19.6 Å². The highest BCUT2D eigenvalue weighted by Crippen LogP contribution is 2.27. The lowest BCUT2D eigenvalue weighted by Gasteiger charge is -2.34. The Hall–Kier alpha value is -0.350. The van der Waals surface area contributed by atoms with Gasteiger partial charge in [0.2, 0.25) is 0 Å². The molecule has 0 aliphatic carbocycles. The van der Waals surface area contributed by atoms with E-state index in [9.17, 15) is 0 Å². The van der Waals surface area contributed by atoms with Gasteiger partial charge in [-0.05, 0) is 63.4 Å². The van der Waals surface area contributed by atoms with Crippen LogP contribution in [0.25, 0.3) is 0 Å². The molecule has 2 aliphatic heterocycles. The van der Waals surface area contributed by atoms with Crippen molar-refractivity contribution >= 4 is 23.2 Å². The summed E-state index contributed by atoms with van der Waals surface area (Å²) in [6.07, 6.45) is 5.24. The monoisotopic (exact) mass is 313 g/mol. The molecule has 0 radical (unpaired) electrons. The first kappa shape index (κ1) is 14.6. The van der Waals surface area contributed by atoms with Crippen molar-refractivity contribution in [1.29, 1.82) is 0 Å². The fourth-order valence-corrected chi connectivity index (χ4v) is 3.74. The van der Waals surface area contributed by atoms with E-state index in [2.05, 4.69) is 15.2 Å². The van der Waals surface area contributed by atoms with E-state index in [4.69, 9.17) is 23.2 Å². The Morgan fingerprint density at radius 1 is 1.20 bits per heavy atom. The molecule has 0 amide bonds. The zero-order valence-electron chi connectivity index (χ0n) is 11.6. The highest BCUT2D eigenvalue weighted by atomic mass is 35.5. The van der Waals surface area contributed by atoms with Crippen molar-refractivity contribution in [3.05, 3.63) is 28.0 Å². The fraction of sp³-hybridized carbons (Fsp3) is 0.667. The van der Waals surface area contributed by atoms with E-state index in [0.717, 1.165) is 37.3 Å². The normalized spacial score (nSPS) is 25.2. The Bertz CT molecular complexity index is 452. The van der Waals surface area contributed by atoms with E-state index in [-0.39, 0.29) is 0 Å². The van der Waals surface area contributed by atoms with Crippen LogP contribution < -0.4 is 5.32 Å². The predicted molar refractivity (Wildman–Crippen MR) is 83.3 cm³/mol. The third-order valence-electron chi connectivity index (χ3n) is 4.56. The van der Waals surface area contributed by atoms with Crippen molar-refractivity contribution < 1.29 is 0 Å². The highest BCUT2D eigenvalue weighted by molar-refractivity contribution is 6.32. The van der Waals surface area contributed by atoms with Crippen molar-refractivity contribution in [2.24, 2.45) is 5.92 Å². The number of nitrogens with one attached hydrogen (secondary N) is 1. The van der Waals surface area contributed by atoms with Gasteiger partial charge in [0.1, 0.15) is 5.15 Å². The summed E-state index contributed by atoms with van der Waals surface area (Å²) in [6, 6.07) is 4.33. The molecule has 3 heterocycles. The minimum absolute atomic E-state index is 0.523. The average Bonchev–Trinajstić information content (AvgIpc) is 2.98. The maximum atomic E-state index is 6.19. The lowest BCUT2D eigenvalue weighted by molar-refractivity contribution is 0.156. The lowest BCUT2D eigenvalue weighted by Crippen LogP contribution is -2.40. The lowest BCUT2D eigenvalue weighted by atomic mass is 9.88. The first-order valence-electron chi connectivity index (χ1n) is 7.49. The van der Waals surface area contributed by atoms with E-state index in [1.807, 2.05) is 6.07 Å². The van der Waals surface area contributed by atoms with Crippen molar-refractivity contribution in [2.45, 2.75) is 38.3 Å².